The summed E-state index contributed by atoms with van der Waals surface area (Å²) in [5, 5.41) is 22.7. The molecule has 4 heterocycles. The normalized spacial score (nSPS) is 30.4. The van der Waals surface area contributed by atoms with Crippen molar-refractivity contribution in [1.29, 1.82) is 0 Å². The molecule has 2 saturated heterocycles. The van der Waals surface area contributed by atoms with Gasteiger partial charge in [-0.15, -0.1) is 0 Å². The third-order valence-corrected chi connectivity index (χ3v) is 5.31. The second-order valence-electron chi connectivity index (χ2n) is 7.02. The van der Waals surface area contributed by atoms with E-state index >= 15 is 0 Å². The lowest BCUT2D eigenvalue weighted by molar-refractivity contribution is -0.0580. The third kappa shape index (κ3) is 3.91. The minimum Gasteiger partial charge on any atom is -0.387 e. The van der Waals surface area contributed by atoms with E-state index in [1.165, 1.54) is 13.4 Å². The van der Waals surface area contributed by atoms with E-state index < -0.39 is 24.5 Å². The summed E-state index contributed by atoms with van der Waals surface area (Å²) >= 11 is 6.16. The second-order valence-corrected chi connectivity index (χ2v) is 7.36. The predicted octanol–water partition coefficient (Wildman–Crippen LogP) is 0.531. The Hall–Kier alpha value is -1.60. The molecule has 5 atom stereocenters. The van der Waals surface area contributed by atoms with Crippen LogP contribution in [0.25, 0.3) is 11.2 Å². The molecule has 2 aromatic heterocycles. The first-order valence-corrected chi connectivity index (χ1v) is 9.96. The SMILES string of the molecule is CCOC1CCCN1Nc1nc(Cl)nc2c1ncn2[C@@H]1O[C@H](COC)[C@@H](O)[C@H]1O. The highest BCUT2D eigenvalue weighted by Crippen LogP contribution is 2.33. The number of anilines is 1. The number of halogens is 1. The summed E-state index contributed by atoms with van der Waals surface area (Å²) in [6.07, 6.45) is -0.465. The molecule has 0 amide bonds. The number of rotatable bonds is 7. The van der Waals surface area contributed by atoms with Gasteiger partial charge in [0.05, 0.1) is 12.9 Å². The Bertz CT molecular complexity index is 853. The van der Waals surface area contributed by atoms with Crippen LogP contribution in [0.15, 0.2) is 6.33 Å². The van der Waals surface area contributed by atoms with Crippen LogP contribution < -0.4 is 5.43 Å². The maximum atomic E-state index is 10.5. The van der Waals surface area contributed by atoms with E-state index in [-0.39, 0.29) is 18.1 Å². The number of fused-ring (bicyclic) bond motifs is 1. The van der Waals surface area contributed by atoms with Gasteiger partial charge in [-0.1, -0.05) is 0 Å². The maximum absolute atomic E-state index is 10.5. The van der Waals surface area contributed by atoms with Gasteiger partial charge in [-0.3, -0.25) is 9.99 Å². The highest BCUT2D eigenvalue weighted by Gasteiger charge is 2.44. The molecule has 4 rings (SSSR count). The Kier molecular flexibility index (Phi) is 6.16. The van der Waals surface area contributed by atoms with Crippen LogP contribution in [0.3, 0.4) is 0 Å². The van der Waals surface area contributed by atoms with Gasteiger partial charge < -0.3 is 24.4 Å². The van der Waals surface area contributed by atoms with Crippen LogP contribution in [0.4, 0.5) is 5.82 Å². The van der Waals surface area contributed by atoms with E-state index in [2.05, 4.69) is 20.4 Å². The van der Waals surface area contributed by atoms with Crippen molar-refractivity contribution >= 4 is 28.6 Å². The van der Waals surface area contributed by atoms with E-state index in [1.54, 1.807) is 4.57 Å². The smallest absolute Gasteiger partial charge is 0.226 e. The molecule has 1 unspecified atom stereocenters. The summed E-state index contributed by atoms with van der Waals surface area (Å²) in [6.45, 7) is 3.51. The first kappa shape index (κ1) is 20.7. The number of nitrogens with one attached hydrogen (secondary N) is 1. The monoisotopic (exact) mass is 428 g/mol. The minimum atomic E-state index is -1.17. The Morgan fingerprint density at radius 1 is 1.34 bits per heavy atom. The van der Waals surface area contributed by atoms with Crippen LogP contribution in [0.1, 0.15) is 26.0 Å². The van der Waals surface area contributed by atoms with Gasteiger partial charge in [-0.25, -0.2) is 4.98 Å². The number of hydrogen-bond acceptors (Lipinski definition) is 10. The molecule has 2 aliphatic rings. The second kappa shape index (κ2) is 8.64. The molecule has 0 radical (unpaired) electrons. The molecule has 2 aliphatic heterocycles. The van der Waals surface area contributed by atoms with E-state index in [4.69, 9.17) is 25.8 Å². The largest absolute Gasteiger partial charge is 0.387 e. The average Bonchev–Trinajstić information content (AvgIpc) is 3.37. The summed E-state index contributed by atoms with van der Waals surface area (Å²) in [7, 11) is 1.50. The number of hydrogen-bond donors (Lipinski definition) is 3. The third-order valence-electron chi connectivity index (χ3n) is 5.14. The summed E-state index contributed by atoms with van der Waals surface area (Å²) in [5.74, 6) is 0.437. The zero-order valence-corrected chi connectivity index (χ0v) is 17.0. The van der Waals surface area contributed by atoms with Crippen LogP contribution in [-0.2, 0) is 14.2 Å². The summed E-state index contributed by atoms with van der Waals surface area (Å²) in [5.41, 5.74) is 4.09. The van der Waals surface area contributed by atoms with Crippen LogP contribution in [0.2, 0.25) is 5.28 Å². The number of imidazole rings is 1. The summed E-state index contributed by atoms with van der Waals surface area (Å²) in [4.78, 5) is 12.9. The van der Waals surface area contributed by atoms with Crippen LogP contribution >= 0.6 is 11.6 Å². The van der Waals surface area contributed by atoms with Gasteiger partial charge in [0.2, 0.25) is 5.28 Å². The summed E-state index contributed by atoms with van der Waals surface area (Å²) in [6, 6.07) is 0. The van der Waals surface area contributed by atoms with Gasteiger partial charge in [0.15, 0.2) is 23.2 Å². The Balaban J connectivity index is 1.64. The highest BCUT2D eigenvalue weighted by atomic mass is 35.5. The number of ether oxygens (including phenoxy) is 3. The molecule has 2 fully saturated rings. The van der Waals surface area contributed by atoms with Gasteiger partial charge in [0, 0.05) is 20.3 Å². The number of hydrazine groups is 1. The van der Waals surface area contributed by atoms with Crippen LogP contribution in [0, 0.1) is 0 Å². The van der Waals surface area contributed by atoms with Crippen LogP contribution in [0.5, 0.6) is 0 Å². The van der Waals surface area contributed by atoms with E-state index in [0.29, 0.717) is 23.6 Å². The molecule has 2 aromatic rings. The first-order valence-electron chi connectivity index (χ1n) is 9.59. The van der Waals surface area contributed by atoms with Gasteiger partial charge in [0.25, 0.3) is 0 Å². The number of aliphatic hydroxyl groups excluding tert-OH is 2. The molecule has 12 heteroatoms. The van der Waals surface area contributed by atoms with Crippen LogP contribution in [-0.4, -0.2) is 86.1 Å². The maximum Gasteiger partial charge on any atom is 0.226 e. The zero-order chi connectivity index (χ0) is 20.5. The van der Waals surface area contributed by atoms with Crippen molar-refractivity contribution in [3.8, 4) is 0 Å². The molecule has 3 N–H and O–H groups in total. The Morgan fingerprint density at radius 2 is 2.17 bits per heavy atom. The lowest BCUT2D eigenvalue weighted by atomic mass is 10.1. The number of methoxy groups -OCH3 is 1. The van der Waals surface area contributed by atoms with Crippen molar-refractivity contribution in [2.45, 2.75) is 50.5 Å². The van der Waals surface area contributed by atoms with Crippen molar-refractivity contribution in [2.24, 2.45) is 0 Å². The molecule has 29 heavy (non-hydrogen) atoms. The van der Waals surface area contributed by atoms with Gasteiger partial charge >= 0.3 is 0 Å². The molecule has 160 valence electrons. The lowest BCUT2D eigenvalue weighted by Crippen LogP contribution is -2.37. The average molecular weight is 429 g/mol. The number of aromatic nitrogens is 4. The highest BCUT2D eigenvalue weighted by molar-refractivity contribution is 6.28. The Morgan fingerprint density at radius 3 is 2.93 bits per heavy atom. The van der Waals surface area contributed by atoms with E-state index in [0.717, 1.165) is 19.4 Å². The molecular weight excluding hydrogens is 404 g/mol. The van der Waals surface area contributed by atoms with Gasteiger partial charge in [-0.2, -0.15) is 15.0 Å². The molecular formula is C17H25ClN6O5. The van der Waals surface area contributed by atoms with Crippen molar-refractivity contribution in [2.75, 3.05) is 32.3 Å². The standard InChI is InChI=1S/C17H25ClN6O5/c1-3-28-10-5-4-6-24(10)22-14-11-15(21-17(18)20-14)23(8-19-11)16-13(26)12(25)9(29-16)7-27-2/h8-10,12-13,16,25-26H,3-7H2,1-2H3,(H,20,21,22)/t9-,10?,12-,13-,16-/m1/s1. The van der Waals surface area contributed by atoms with E-state index in [9.17, 15) is 10.2 Å². The molecule has 0 spiro atoms. The van der Waals surface area contributed by atoms with Gasteiger partial charge in [0.1, 0.15) is 24.5 Å². The number of aliphatic hydroxyl groups is 2. The zero-order valence-electron chi connectivity index (χ0n) is 16.2. The lowest BCUT2D eigenvalue weighted by Gasteiger charge is -2.25. The summed E-state index contributed by atoms with van der Waals surface area (Å²) < 4.78 is 18.1. The van der Waals surface area contributed by atoms with Crippen molar-refractivity contribution in [3.05, 3.63) is 11.6 Å². The van der Waals surface area contributed by atoms with E-state index in [1.807, 2.05) is 11.9 Å². The van der Waals surface area contributed by atoms with Crippen molar-refractivity contribution in [3.63, 3.8) is 0 Å². The quantitative estimate of drug-likeness (QED) is 0.537. The molecule has 0 aromatic carbocycles. The first-order chi connectivity index (χ1) is 14.0. The predicted molar refractivity (Wildman–Crippen MR) is 103 cm³/mol. The fourth-order valence-electron chi connectivity index (χ4n) is 3.78. The molecule has 11 nitrogen and oxygen atoms in total. The topological polar surface area (TPSA) is 127 Å². The minimum absolute atomic E-state index is 0.0235. The number of nitrogens with zero attached hydrogens (tertiary/aromatic N) is 5. The van der Waals surface area contributed by atoms with Crippen molar-refractivity contribution in [1.82, 2.24) is 24.5 Å². The molecule has 0 saturated carbocycles. The fraction of sp³-hybridized carbons (Fsp3) is 0.706. The Labute approximate surface area is 172 Å². The molecule has 0 aliphatic carbocycles. The fourth-order valence-corrected chi connectivity index (χ4v) is 3.95. The van der Waals surface area contributed by atoms with Crippen molar-refractivity contribution < 1.29 is 24.4 Å². The van der Waals surface area contributed by atoms with Gasteiger partial charge in [-0.05, 0) is 31.4 Å². The molecule has 0 bridgehead atoms.